The maximum absolute atomic E-state index is 4.69. The van der Waals surface area contributed by atoms with E-state index in [1.807, 2.05) is 32.0 Å². The molecule has 3 heterocycles. The average Bonchev–Trinajstić information content (AvgIpc) is 3.82. The Hall–Kier alpha value is -4.10. The Labute approximate surface area is 260 Å². The van der Waals surface area contributed by atoms with Crippen molar-refractivity contribution in [1.82, 2.24) is 8.75 Å². The molecule has 0 aliphatic rings. The molecule has 0 radical (unpaired) electrons. The molecule has 0 atom stereocenters. The number of para-hydroxylation sites is 2. The van der Waals surface area contributed by atoms with Gasteiger partial charge in [-0.3, -0.25) is 0 Å². The van der Waals surface area contributed by atoms with Crippen LogP contribution in [0.4, 0.5) is 16.4 Å². The molecule has 0 unspecified atom stereocenters. The second-order valence-corrected chi connectivity index (χ2v) is 12.2. The molecular formula is C36H33N3S3. The Bertz CT molecular complexity index is 1780. The van der Waals surface area contributed by atoms with E-state index in [0.717, 1.165) is 38.5 Å². The van der Waals surface area contributed by atoms with Crippen molar-refractivity contribution in [2.45, 2.75) is 27.7 Å². The molecule has 0 aliphatic carbocycles. The van der Waals surface area contributed by atoms with E-state index in [1.165, 1.54) is 31.9 Å². The summed E-state index contributed by atoms with van der Waals surface area (Å²) in [6.45, 7) is 8.22. The summed E-state index contributed by atoms with van der Waals surface area (Å²) >= 11 is 4.85. The zero-order chi connectivity index (χ0) is 29.3. The Kier molecular flexibility index (Phi) is 9.93. The lowest BCUT2D eigenvalue weighted by Gasteiger charge is -2.23. The minimum absolute atomic E-state index is 0.975. The lowest BCUT2D eigenvalue weighted by molar-refractivity contribution is 1.32. The monoisotopic (exact) mass is 603 g/mol. The third-order valence-corrected chi connectivity index (χ3v) is 9.13. The SMILES string of the molecule is CC.Cc1ccc(-c2ccc(-c3ccc(N(c4ccccc4)c4ccccc4)s3)c3nsnc23)s1.Cc1ccccc1. The average molecular weight is 604 g/mol. The van der Waals surface area contributed by atoms with Gasteiger partial charge in [0, 0.05) is 37.1 Å². The van der Waals surface area contributed by atoms with E-state index in [1.54, 1.807) is 22.7 Å². The second-order valence-electron chi connectivity index (χ2n) is 9.33. The topological polar surface area (TPSA) is 29.0 Å². The summed E-state index contributed by atoms with van der Waals surface area (Å²) in [6, 6.07) is 44.4. The summed E-state index contributed by atoms with van der Waals surface area (Å²) in [4.78, 5) is 6.03. The van der Waals surface area contributed by atoms with Crippen LogP contribution in [0.1, 0.15) is 24.3 Å². The first kappa shape index (κ1) is 29.4. The highest BCUT2D eigenvalue weighted by Crippen LogP contribution is 2.44. The van der Waals surface area contributed by atoms with Gasteiger partial charge in [0.15, 0.2) is 0 Å². The third-order valence-electron chi connectivity index (χ3n) is 6.47. The summed E-state index contributed by atoms with van der Waals surface area (Å²) in [6.07, 6.45) is 0. The molecule has 7 rings (SSSR count). The zero-order valence-electron chi connectivity index (χ0n) is 24.2. The molecule has 0 saturated carbocycles. The number of nitrogens with zero attached hydrogens (tertiary/aromatic N) is 3. The van der Waals surface area contributed by atoms with Gasteiger partial charge in [0.2, 0.25) is 0 Å². The van der Waals surface area contributed by atoms with Gasteiger partial charge in [-0.2, -0.15) is 8.75 Å². The van der Waals surface area contributed by atoms with E-state index in [0.29, 0.717) is 0 Å². The van der Waals surface area contributed by atoms with E-state index in [4.69, 9.17) is 0 Å². The number of anilines is 3. The van der Waals surface area contributed by atoms with Crippen molar-refractivity contribution in [2.24, 2.45) is 0 Å². The maximum atomic E-state index is 4.69. The minimum atomic E-state index is 0.975. The second kappa shape index (κ2) is 14.2. The van der Waals surface area contributed by atoms with Gasteiger partial charge in [0.1, 0.15) is 16.0 Å². The fraction of sp³-hybridized carbons (Fsp3) is 0.111. The number of hydrogen-bond donors (Lipinski definition) is 0. The number of aromatic nitrogens is 2. The van der Waals surface area contributed by atoms with Crippen LogP contribution < -0.4 is 4.90 Å². The number of rotatable bonds is 5. The Morgan fingerprint density at radius 2 is 0.976 bits per heavy atom. The number of fused-ring (bicyclic) bond motifs is 1. The quantitative estimate of drug-likeness (QED) is 0.196. The van der Waals surface area contributed by atoms with Gasteiger partial charge < -0.3 is 4.90 Å². The molecule has 3 aromatic heterocycles. The van der Waals surface area contributed by atoms with Crippen LogP contribution in [0.15, 0.2) is 127 Å². The van der Waals surface area contributed by atoms with Crippen molar-refractivity contribution >= 4 is 61.8 Å². The molecule has 4 aromatic carbocycles. The van der Waals surface area contributed by atoms with Crippen LogP contribution in [0, 0.1) is 13.8 Å². The molecule has 0 aliphatic heterocycles. The maximum Gasteiger partial charge on any atom is 0.114 e. The highest BCUT2D eigenvalue weighted by Gasteiger charge is 2.18. The lowest BCUT2D eigenvalue weighted by atomic mass is 10.1. The van der Waals surface area contributed by atoms with Crippen LogP contribution in [0.5, 0.6) is 0 Å². The standard InChI is InChI=1S/C27H19N3S3.C7H8.C2H6/c1-18-12-15-23(31-18)21-13-14-22(27-26(21)28-33-29-27)24-16-17-25(32-24)30(19-8-4-2-5-9-19)20-10-6-3-7-11-20;1-7-5-3-2-4-6-7;1-2/h2-17H,1H3;2-6H,1H3;1-2H3. The van der Waals surface area contributed by atoms with Crippen LogP contribution in [-0.4, -0.2) is 8.75 Å². The first-order chi connectivity index (χ1) is 20.7. The third kappa shape index (κ3) is 6.68. The molecule has 210 valence electrons. The largest absolute Gasteiger partial charge is 0.302 e. The molecule has 0 bridgehead atoms. The normalized spacial score (nSPS) is 10.4. The van der Waals surface area contributed by atoms with Crippen LogP contribution >= 0.6 is 34.4 Å². The molecule has 0 fully saturated rings. The zero-order valence-corrected chi connectivity index (χ0v) is 26.6. The molecule has 3 nitrogen and oxygen atoms in total. The molecule has 0 N–H and O–H groups in total. The van der Waals surface area contributed by atoms with Crippen molar-refractivity contribution in [2.75, 3.05) is 4.90 Å². The first-order valence-electron chi connectivity index (χ1n) is 14.0. The molecule has 0 saturated heterocycles. The van der Waals surface area contributed by atoms with Crippen LogP contribution in [0.2, 0.25) is 0 Å². The molecular weight excluding hydrogens is 571 g/mol. The van der Waals surface area contributed by atoms with Gasteiger partial charge in [-0.05, 0) is 62.4 Å². The number of thiophene rings is 2. The van der Waals surface area contributed by atoms with Gasteiger partial charge in [0.25, 0.3) is 0 Å². The molecule has 6 heteroatoms. The van der Waals surface area contributed by atoms with Crippen molar-refractivity contribution in [1.29, 1.82) is 0 Å². The fourth-order valence-electron chi connectivity index (χ4n) is 4.53. The molecule has 0 amide bonds. The molecule has 42 heavy (non-hydrogen) atoms. The predicted molar refractivity (Wildman–Crippen MR) is 186 cm³/mol. The Morgan fingerprint density at radius 1 is 0.500 bits per heavy atom. The lowest BCUT2D eigenvalue weighted by Crippen LogP contribution is -2.07. The number of benzene rings is 4. The smallest absolute Gasteiger partial charge is 0.114 e. The highest BCUT2D eigenvalue weighted by atomic mass is 32.1. The minimum Gasteiger partial charge on any atom is -0.302 e. The van der Waals surface area contributed by atoms with E-state index < -0.39 is 0 Å². The summed E-state index contributed by atoms with van der Waals surface area (Å²) in [7, 11) is 0. The van der Waals surface area contributed by atoms with Gasteiger partial charge in [-0.15, -0.1) is 22.7 Å². The van der Waals surface area contributed by atoms with E-state index >= 15 is 0 Å². The van der Waals surface area contributed by atoms with Gasteiger partial charge in [0.05, 0.1) is 11.7 Å². The Balaban J connectivity index is 0.000000341. The van der Waals surface area contributed by atoms with Gasteiger partial charge in [-0.25, -0.2) is 0 Å². The molecule has 7 aromatic rings. The predicted octanol–water partition coefficient (Wildman–Crippen LogP) is 11.9. The van der Waals surface area contributed by atoms with Gasteiger partial charge >= 0.3 is 0 Å². The fourth-order valence-corrected chi connectivity index (χ4v) is 7.07. The summed E-state index contributed by atoms with van der Waals surface area (Å²) < 4.78 is 9.35. The van der Waals surface area contributed by atoms with Crippen molar-refractivity contribution in [3.63, 3.8) is 0 Å². The molecule has 0 spiro atoms. The van der Waals surface area contributed by atoms with E-state index in [2.05, 4.69) is 137 Å². The van der Waals surface area contributed by atoms with Crippen LogP contribution in [0.25, 0.3) is 31.9 Å². The Morgan fingerprint density at radius 3 is 1.43 bits per heavy atom. The number of aryl methyl sites for hydroxylation is 2. The highest BCUT2D eigenvalue weighted by molar-refractivity contribution is 7.19. The van der Waals surface area contributed by atoms with Crippen LogP contribution in [-0.2, 0) is 0 Å². The van der Waals surface area contributed by atoms with Crippen molar-refractivity contribution in [3.05, 3.63) is 138 Å². The first-order valence-corrected chi connectivity index (χ1v) is 16.4. The van der Waals surface area contributed by atoms with E-state index in [-0.39, 0.29) is 0 Å². The van der Waals surface area contributed by atoms with E-state index in [9.17, 15) is 0 Å². The van der Waals surface area contributed by atoms with Crippen LogP contribution in [0.3, 0.4) is 0 Å². The van der Waals surface area contributed by atoms with Gasteiger partial charge in [-0.1, -0.05) is 98.3 Å². The summed E-state index contributed by atoms with van der Waals surface area (Å²) in [5, 5.41) is 1.16. The van der Waals surface area contributed by atoms with Crippen molar-refractivity contribution in [3.8, 4) is 20.9 Å². The summed E-state index contributed by atoms with van der Waals surface area (Å²) in [5.74, 6) is 0. The van der Waals surface area contributed by atoms with Crippen molar-refractivity contribution < 1.29 is 0 Å². The summed E-state index contributed by atoms with van der Waals surface area (Å²) in [5.41, 5.74) is 7.85. The number of hydrogen-bond acceptors (Lipinski definition) is 6.